The van der Waals surface area contributed by atoms with Gasteiger partial charge in [0.1, 0.15) is 22.7 Å². The molecule has 3 rings (SSSR count). The van der Waals surface area contributed by atoms with E-state index in [4.69, 9.17) is 4.74 Å². The number of aliphatic hydroxyl groups is 1. The molecule has 0 aliphatic heterocycles. The van der Waals surface area contributed by atoms with E-state index in [0.717, 1.165) is 12.1 Å². The van der Waals surface area contributed by atoms with Gasteiger partial charge in [-0.2, -0.15) is 18.3 Å². The van der Waals surface area contributed by atoms with E-state index < -0.39 is 23.4 Å². The smallest absolute Gasteiger partial charge is 0.433 e. The first kappa shape index (κ1) is 21.6. The Bertz CT molecular complexity index is 1070. The van der Waals surface area contributed by atoms with Gasteiger partial charge in [0.05, 0.1) is 12.7 Å². The molecule has 2 aromatic heterocycles. The Hall–Kier alpha value is -3.14. The molecule has 10 heteroatoms. The summed E-state index contributed by atoms with van der Waals surface area (Å²) in [4.78, 5) is 15.8. The van der Waals surface area contributed by atoms with Crippen molar-refractivity contribution in [2.24, 2.45) is 0 Å². The van der Waals surface area contributed by atoms with Crippen LogP contribution in [0.5, 0.6) is 5.75 Å². The molecule has 0 saturated heterocycles. The van der Waals surface area contributed by atoms with E-state index >= 15 is 0 Å². The van der Waals surface area contributed by atoms with E-state index in [9.17, 15) is 23.1 Å². The van der Waals surface area contributed by atoms with Crippen molar-refractivity contribution in [2.75, 3.05) is 12.4 Å². The van der Waals surface area contributed by atoms with Crippen molar-refractivity contribution >= 4 is 22.5 Å². The fourth-order valence-electron chi connectivity index (χ4n) is 2.80. The maximum absolute atomic E-state index is 12.8. The molecule has 0 fully saturated rings. The van der Waals surface area contributed by atoms with Crippen molar-refractivity contribution in [2.45, 2.75) is 38.6 Å². The Morgan fingerprint density at radius 1 is 1.27 bits per heavy atom. The molecule has 7 nitrogen and oxygen atoms in total. The van der Waals surface area contributed by atoms with Crippen LogP contribution < -0.4 is 10.1 Å². The number of nitrogens with one attached hydrogen (secondary N) is 1. The molecule has 0 atom stereocenters. The Kier molecular flexibility index (Phi) is 5.71. The summed E-state index contributed by atoms with van der Waals surface area (Å²) >= 11 is 0. The number of rotatable bonds is 6. The number of hydrogen-bond acceptors (Lipinski definition) is 5. The van der Waals surface area contributed by atoms with Crippen LogP contribution in [-0.4, -0.2) is 38.5 Å². The number of anilines is 1. The predicted octanol–water partition coefficient (Wildman–Crippen LogP) is 3.87. The highest BCUT2D eigenvalue weighted by atomic mass is 19.4. The number of aryl methyl sites for hydroxylation is 1. The average molecular weight is 422 g/mol. The molecule has 1 amide bonds. The number of carbonyl (C=O) groups is 1. The highest BCUT2D eigenvalue weighted by Gasteiger charge is 2.33. The van der Waals surface area contributed by atoms with Crippen molar-refractivity contribution in [1.29, 1.82) is 0 Å². The van der Waals surface area contributed by atoms with Crippen LogP contribution in [0.25, 0.3) is 10.9 Å². The summed E-state index contributed by atoms with van der Waals surface area (Å²) in [7, 11) is 1.45. The number of pyridine rings is 1. The lowest BCUT2D eigenvalue weighted by Crippen LogP contribution is -2.21. The third-order valence-corrected chi connectivity index (χ3v) is 4.32. The first-order valence-electron chi connectivity index (χ1n) is 9.09. The molecule has 1 aromatic carbocycles. The molecule has 0 spiro atoms. The minimum Gasteiger partial charge on any atom is -0.494 e. The molecule has 0 aliphatic carbocycles. The summed E-state index contributed by atoms with van der Waals surface area (Å²) in [6.45, 7) is 3.87. The SMILES string of the molecule is COc1cc(NC(=O)c2cccc(C(F)(F)F)n2)cc2cn(CCC(C)(C)O)nc12. The number of carbonyl (C=O) groups excluding carboxylic acids is 1. The van der Waals surface area contributed by atoms with Gasteiger partial charge in [0.25, 0.3) is 5.91 Å². The summed E-state index contributed by atoms with van der Waals surface area (Å²) in [5.41, 5.74) is -1.46. The lowest BCUT2D eigenvalue weighted by atomic mass is 10.1. The number of hydrogen-bond donors (Lipinski definition) is 2. The topological polar surface area (TPSA) is 89.3 Å². The largest absolute Gasteiger partial charge is 0.494 e. The summed E-state index contributed by atoms with van der Waals surface area (Å²) in [6, 6.07) is 6.29. The van der Waals surface area contributed by atoms with Crippen molar-refractivity contribution in [3.8, 4) is 5.75 Å². The van der Waals surface area contributed by atoms with Crippen LogP contribution in [0.3, 0.4) is 0 Å². The Labute approximate surface area is 170 Å². The van der Waals surface area contributed by atoms with Gasteiger partial charge in [0, 0.05) is 29.9 Å². The van der Waals surface area contributed by atoms with Gasteiger partial charge in [0.15, 0.2) is 0 Å². The number of nitrogens with zero attached hydrogens (tertiary/aromatic N) is 3. The quantitative estimate of drug-likeness (QED) is 0.630. The summed E-state index contributed by atoms with van der Waals surface area (Å²) < 4.78 is 45.5. The van der Waals surface area contributed by atoms with E-state index in [-0.39, 0.29) is 5.69 Å². The lowest BCUT2D eigenvalue weighted by molar-refractivity contribution is -0.141. The molecule has 30 heavy (non-hydrogen) atoms. The normalized spacial score (nSPS) is 12.2. The van der Waals surface area contributed by atoms with Gasteiger partial charge in [-0.3, -0.25) is 9.48 Å². The maximum atomic E-state index is 12.8. The fourth-order valence-corrected chi connectivity index (χ4v) is 2.80. The van der Waals surface area contributed by atoms with Crippen LogP contribution >= 0.6 is 0 Å². The number of fused-ring (bicyclic) bond motifs is 1. The summed E-state index contributed by atoms with van der Waals surface area (Å²) in [6.07, 6.45) is -2.42. The van der Waals surface area contributed by atoms with Crippen molar-refractivity contribution in [1.82, 2.24) is 14.8 Å². The maximum Gasteiger partial charge on any atom is 0.433 e. The van der Waals surface area contributed by atoms with Crippen LogP contribution in [-0.2, 0) is 12.7 Å². The van der Waals surface area contributed by atoms with Gasteiger partial charge in [-0.1, -0.05) is 6.07 Å². The van der Waals surface area contributed by atoms with Gasteiger partial charge in [-0.15, -0.1) is 0 Å². The van der Waals surface area contributed by atoms with Crippen LogP contribution in [0.2, 0.25) is 0 Å². The highest BCUT2D eigenvalue weighted by molar-refractivity contribution is 6.04. The lowest BCUT2D eigenvalue weighted by Gasteiger charge is -2.16. The van der Waals surface area contributed by atoms with Gasteiger partial charge in [-0.05, 0) is 38.5 Å². The minimum absolute atomic E-state index is 0.325. The standard InChI is InChI=1S/C20H21F3N4O3/c1-19(2,29)7-8-27-11-12-9-13(10-15(30-3)17(12)26-27)24-18(28)14-5-4-6-16(25-14)20(21,22)23/h4-6,9-11,29H,7-8H2,1-3H3,(H,24,28). The van der Waals surface area contributed by atoms with Gasteiger partial charge in [-0.25, -0.2) is 4.98 Å². The van der Waals surface area contributed by atoms with Gasteiger partial charge >= 0.3 is 6.18 Å². The van der Waals surface area contributed by atoms with Crippen LogP contribution in [0.4, 0.5) is 18.9 Å². The molecule has 0 saturated carbocycles. The second-order valence-corrected chi connectivity index (χ2v) is 7.43. The molecule has 3 aromatic rings. The number of alkyl halides is 3. The average Bonchev–Trinajstić information content (AvgIpc) is 3.07. The second kappa shape index (κ2) is 7.94. The van der Waals surface area contributed by atoms with Gasteiger partial charge < -0.3 is 15.2 Å². The number of halogens is 3. The van der Waals surface area contributed by atoms with Crippen molar-refractivity contribution < 1.29 is 27.8 Å². The zero-order valence-electron chi connectivity index (χ0n) is 16.6. The van der Waals surface area contributed by atoms with E-state index in [1.165, 1.54) is 19.2 Å². The van der Waals surface area contributed by atoms with Crippen LogP contribution in [0, 0.1) is 0 Å². The van der Waals surface area contributed by atoms with Gasteiger partial charge in [0.2, 0.25) is 0 Å². The third kappa shape index (κ3) is 5.07. The number of methoxy groups -OCH3 is 1. The van der Waals surface area contributed by atoms with E-state index in [0.29, 0.717) is 35.3 Å². The summed E-state index contributed by atoms with van der Waals surface area (Å²) in [5.74, 6) is -0.390. The molecule has 160 valence electrons. The molecule has 0 unspecified atom stereocenters. The molecule has 2 heterocycles. The first-order valence-corrected chi connectivity index (χ1v) is 9.09. The highest BCUT2D eigenvalue weighted by Crippen LogP contribution is 2.30. The van der Waals surface area contributed by atoms with E-state index in [2.05, 4.69) is 15.4 Å². The monoisotopic (exact) mass is 422 g/mol. The minimum atomic E-state index is -4.64. The predicted molar refractivity (Wildman–Crippen MR) is 104 cm³/mol. The van der Waals surface area contributed by atoms with Crippen LogP contribution in [0.1, 0.15) is 36.5 Å². The fraction of sp³-hybridized carbons (Fsp3) is 0.350. The Morgan fingerprint density at radius 2 is 2.00 bits per heavy atom. The number of benzene rings is 1. The zero-order valence-corrected chi connectivity index (χ0v) is 16.6. The van der Waals surface area contributed by atoms with E-state index in [1.54, 1.807) is 30.8 Å². The number of amides is 1. The first-order chi connectivity index (χ1) is 14.0. The number of aromatic nitrogens is 3. The zero-order chi connectivity index (χ0) is 22.1. The summed E-state index contributed by atoms with van der Waals surface area (Å²) in [5, 5.41) is 17.5. The molecule has 0 radical (unpaired) electrons. The Balaban J connectivity index is 1.86. The van der Waals surface area contributed by atoms with Crippen molar-refractivity contribution in [3.63, 3.8) is 0 Å². The van der Waals surface area contributed by atoms with E-state index in [1.807, 2.05) is 0 Å². The number of ether oxygens (including phenoxy) is 1. The Morgan fingerprint density at radius 3 is 2.63 bits per heavy atom. The molecular formula is C20H21F3N4O3. The third-order valence-electron chi connectivity index (χ3n) is 4.32. The molecule has 0 aliphatic rings. The van der Waals surface area contributed by atoms with Crippen LogP contribution in [0.15, 0.2) is 36.5 Å². The molecule has 2 N–H and O–H groups in total. The molecule has 0 bridgehead atoms. The molecular weight excluding hydrogens is 401 g/mol. The van der Waals surface area contributed by atoms with Crippen molar-refractivity contribution in [3.05, 3.63) is 47.9 Å². The second-order valence-electron chi connectivity index (χ2n) is 7.43.